The number of aryl methyl sites for hydroxylation is 1. The zero-order chi connectivity index (χ0) is 19.6. The van der Waals surface area contributed by atoms with Gasteiger partial charge < -0.3 is 5.32 Å². The van der Waals surface area contributed by atoms with Gasteiger partial charge in [0.2, 0.25) is 5.91 Å². The minimum absolute atomic E-state index is 0.131. The molecule has 1 N–H and O–H groups in total. The first kappa shape index (κ1) is 18.7. The number of halogens is 3. The summed E-state index contributed by atoms with van der Waals surface area (Å²) in [6.07, 6.45) is 0. The number of carbonyl (C=O) groups is 1. The first-order chi connectivity index (χ1) is 12.8. The van der Waals surface area contributed by atoms with Gasteiger partial charge in [0.25, 0.3) is 5.56 Å². The average molecular weight is 390 g/mol. The Morgan fingerprint density at radius 2 is 1.85 bits per heavy atom. The normalized spacial score (nSPS) is 10.7. The number of hydrogen-bond acceptors (Lipinski definition) is 3. The molecule has 0 saturated heterocycles. The number of amides is 1. The highest BCUT2D eigenvalue weighted by Gasteiger charge is 2.14. The van der Waals surface area contributed by atoms with E-state index in [1.165, 1.54) is 47.0 Å². The summed E-state index contributed by atoms with van der Waals surface area (Å²) in [5.74, 6) is -1.31. The number of carbonyl (C=O) groups excluding carboxylic acids is 1. The molecule has 1 amide bonds. The Kier molecular flexibility index (Phi) is 5.32. The summed E-state index contributed by atoms with van der Waals surface area (Å²) in [5.41, 5.74) is 0.841. The molecule has 0 aliphatic rings. The summed E-state index contributed by atoms with van der Waals surface area (Å²) in [4.78, 5) is 29.1. The lowest BCUT2D eigenvalue weighted by molar-refractivity contribution is -0.116. The van der Waals surface area contributed by atoms with Crippen molar-refractivity contribution in [3.63, 3.8) is 0 Å². The van der Waals surface area contributed by atoms with Gasteiger partial charge in [-0.15, -0.1) is 0 Å². The van der Waals surface area contributed by atoms with Crippen LogP contribution in [0.5, 0.6) is 0 Å². The number of benzene rings is 2. The Balaban J connectivity index is 1.91. The molecule has 3 aromatic rings. The Morgan fingerprint density at radius 1 is 1.15 bits per heavy atom. The molecule has 27 heavy (non-hydrogen) atoms. The van der Waals surface area contributed by atoms with Crippen molar-refractivity contribution in [2.24, 2.45) is 0 Å². The molecular weight excluding hydrogens is 376 g/mol. The van der Waals surface area contributed by atoms with Crippen molar-refractivity contribution in [2.45, 2.75) is 13.5 Å². The highest BCUT2D eigenvalue weighted by molar-refractivity contribution is 6.31. The lowest BCUT2D eigenvalue weighted by atomic mass is 10.2. The van der Waals surface area contributed by atoms with Crippen molar-refractivity contribution >= 4 is 23.2 Å². The summed E-state index contributed by atoms with van der Waals surface area (Å²) in [6.45, 7) is 1.33. The summed E-state index contributed by atoms with van der Waals surface area (Å²) >= 11 is 5.70. The number of anilines is 1. The van der Waals surface area contributed by atoms with Crippen molar-refractivity contribution < 1.29 is 13.6 Å². The van der Waals surface area contributed by atoms with Gasteiger partial charge in [0.05, 0.1) is 5.02 Å². The Morgan fingerprint density at radius 3 is 2.52 bits per heavy atom. The molecule has 138 valence electrons. The van der Waals surface area contributed by atoms with Crippen molar-refractivity contribution in [2.75, 3.05) is 5.32 Å². The third-order valence-corrected chi connectivity index (χ3v) is 4.03. The molecule has 0 unspecified atom stereocenters. The molecule has 0 atom stereocenters. The van der Waals surface area contributed by atoms with Crippen LogP contribution in [0.2, 0.25) is 5.02 Å². The van der Waals surface area contributed by atoms with Gasteiger partial charge in [0.15, 0.2) is 0 Å². The smallest absolute Gasteiger partial charge is 0.254 e. The number of rotatable bonds is 4. The molecule has 8 heteroatoms. The van der Waals surface area contributed by atoms with Crippen LogP contribution in [0, 0.1) is 18.6 Å². The minimum atomic E-state index is -0.604. The fourth-order valence-corrected chi connectivity index (χ4v) is 2.69. The molecule has 3 rings (SSSR count). The summed E-state index contributed by atoms with van der Waals surface area (Å²) in [5, 5.41) is 2.42. The van der Waals surface area contributed by atoms with Crippen LogP contribution in [0.4, 0.5) is 14.5 Å². The van der Waals surface area contributed by atoms with Gasteiger partial charge in [-0.1, -0.05) is 11.6 Å². The van der Waals surface area contributed by atoms with Crippen molar-refractivity contribution in [3.05, 3.63) is 81.2 Å². The van der Waals surface area contributed by atoms with Crippen LogP contribution >= 0.6 is 11.6 Å². The number of aromatic nitrogens is 2. The summed E-state index contributed by atoms with van der Waals surface area (Å²) in [7, 11) is 0. The zero-order valence-corrected chi connectivity index (χ0v) is 14.9. The van der Waals surface area contributed by atoms with Gasteiger partial charge in [-0.05, 0) is 49.4 Å². The van der Waals surface area contributed by atoms with E-state index in [4.69, 9.17) is 11.6 Å². The second-order valence-electron chi connectivity index (χ2n) is 5.83. The van der Waals surface area contributed by atoms with Crippen LogP contribution in [0.3, 0.4) is 0 Å². The van der Waals surface area contributed by atoms with Crippen molar-refractivity contribution in [1.29, 1.82) is 0 Å². The first-order valence-electron chi connectivity index (χ1n) is 7.93. The lowest BCUT2D eigenvalue weighted by Gasteiger charge is -2.13. The van der Waals surface area contributed by atoms with E-state index in [2.05, 4.69) is 10.3 Å². The monoisotopic (exact) mass is 389 g/mol. The maximum Gasteiger partial charge on any atom is 0.254 e. The molecule has 0 aliphatic heterocycles. The molecule has 0 radical (unpaired) electrons. The SMILES string of the molecule is Cc1cc(=O)n(CC(=O)Nc2ccc(F)c(Cl)c2)c(-c2ccc(F)cc2)n1. The van der Waals surface area contributed by atoms with Gasteiger partial charge in [-0.2, -0.15) is 0 Å². The van der Waals surface area contributed by atoms with Gasteiger partial charge in [-0.25, -0.2) is 13.8 Å². The van der Waals surface area contributed by atoms with E-state index >= 15 is 0 Å². The van der Waals surface area contributed by atoms with E-state index in [0.29, 0.717) is 16.9 Å². The lowest BCUT2D eigenvalue weighted by Crippen LogP contribution is -2.29. The molecule has 0 saturated carbocycles. The van der Waals surface area contributed by atoms with E-state index in [9.17, 15) is 18.4 Å². The highest BCUT2D eigenvalue weighted by atomic mass is 35.5. The maximum absolute atomic E-state index is 13.2. The van der Waals surface area contributed by atoms with Crippen LogP contribution < -0.4 is 10.9 Å². The van der Waals surface area contributed by atoms with Gasteiger partial charge >= 0.3 is 0 Å². The molecule has 2 aromatic carbocycles. The molecule has 1 aromatic heterocycles. The predicted molar refractivity (Wildman–Crippen MR) is 98.7 cm³/mol. The Hall–Kier alpha value is -3.06. The van der Waals surface area contributed by atoms with Crippen LogP contribution in [0.1, 0.15) is 5.69 Å². The number of nitrogens with one attached hydrogen (secondary N) is 1. The molecule has 0 fully saturated rings. The van der Waals surface area contributed by atoms with Crippen molar-refractivity contribution in [1.82, 2.24) is 9.55 Å². The first-order valence-corrected chi connectivity index (χ1v) is 8.30. The fourth-order valence-electron chi connectivity index (χ4n) is 2.51. The Bertz CT molecular complexity index is 1070. The minimum Gasteiger partial charge on any atom is -0.324 e. The van der Waals surface area contributed by atoms with Crippen LogP contribution in [-0.4, -0.2) is 15.5 Å². The largest absolute Gasteiger partial charge is 0.324 e. The fraction of sp³-hybridized carbons (Fsp3) is 0.105. The van der Waals surface area contributed by atoms with Crippen LogP contribution in [-0.2, 0) is 11.3 Å². The molecule has 0 aliphatic carbocycles. The number of nitrogens with zero attached hydrogens (tertiary/aromatic N) is 2. The van der Waals surface area contributed by atoms with Gasteiger partial charge in [0.1, 0.15) is 24.0 Å². The van der Waals surface area contributed by atoms with E-state index in [0.717, 1.165) is 6.07 Å². The van der Waals surface area contributed by atoms with E-state index < -0.39 is 23.1 Å². The average Bonchev–Trinajstić information content (AvgIpc) is 2.61. The second kappa shape index (κ2) is 7.67. The molecule has 1 heterocycles. The summed E-state index contributed by atoms with van der Waals surface area (Å²) < 4.78 is 27.6. The highest BCUT2D eigenvalue weighted by Crippen LogP contribution is 2.20. The van der Waals surface area contributed by atoms with Crippen LogP contribution in [0.15, 0.2) is 53.3 Å². The molecule has 5 nitrogen and oxygen atoms in total. The van der Waals surface area contributed by atoms with E-state index in [1.54, 1.807) is 6.92 Å². The topological polar surface area (TPSA) is 64.0 Å². The van der Waals surface area contributed by atoms with Gasteiger partial charge in [-0.3, -0.25) is 14.2 Å². The quantitative estimate of drug-likeness (QED) is 0.738. The van der Waals surface area contributed by atoms with Crippen molar-refractivity contribution in [3.8, 4) is 11.4 Å². The van der Waals surface area contributed by atoms with Crippen LogP contribution in [0.25, 0.3) is 11.4 Å². The molecular formula is C19H14ClF2N3O2. The summed E-state index contributed by atoms with van der Waals surface area (Å²) in [6, 6.07) is 10.5. The standard InChI is InChI=1S/C19H14ClF2N3O2/c1-11-8-18(27)25(19(23-11)12-2-4-13(21)5-3-12)10-17(26)24-14-6-7-16(22)15(20)9-14/h2-9H,10H2,1H3,(H,24,26). The molecule has 0 spiro atoms. The maximum atomic E-state index is 13.2. The zero-order valence-electron chi connectivity index (χ0n) is 14.2. The molecule has 0 bridgehead atoms. The number of hydrogen-bond donors (Lipinski definition) is 1. The second-order valence-corrected chi connectivity index (χ2v) is 6.24. The third kappa shape index (κ3) is 4.38. The Labute approximate surface area is 158 Å². The van der Waals surface area contributed by atoms with E-state index in [1.807, 2.05) is 0 Å². The van der Waals surface area contributed by atoms with E-state index in [-0.39, 0.29) is 17.4 Å². The predicted octanol–water partition coefficient (Wildman–Crippen LogP) is 3.79. The van der Waals surface area contributed by atoms with Gasteiger partial charge in [0, 0.05) is 23.0 Å². The third-order valence-electron chi connectivity index (χ3n) is 3.74.